The SMILES string of the molecule is CCN(CC1CCC1)CC1(C(C)C)CCNC1. The van der Waals surface area contributed by atoms with Crippen LogP contribution in [0.1, 0.15) is 46.5 Å². The van der Waals surface area contributed by atoms with Crippen molar-refractivity contribution in [1.82, 2.24) is 10.2 Å². The Labute approximate surface area is 107 Å². The Kier molecular flexibility index (Phi) is 4.48. The highest BCUT2D eigenvalue weighted by Crippen LogP contribution is 2.36. The van der Waals surface area contributed by atoms with Crippen LogP contribution in [0, 0.1) is 17.3 Å². The third kappa shape index (κ3) is 3.03. The molecule has 1 N–H and O–H groups in total. The number of hydrogen-bond acceptors (Lipinski definition) is 2. The van der Waals surface area contributed by atoms with E-state index >= 15 is 0 Å². The largest absolute Gasteiger partial charge is 0.316 e. The van der Waals surface area contributed by atoms with Gasteiger partial charge in [-0.25, -0.2) is 0 Å². The average molecular weight is 238 g/mol. The molecule has 1 heterocycles. The van der Waals surface area contributed by atoms with Crippen LogP contribution in [0.2, 0.25) is 0 Å². The van der Waals surface area contributed by atoms with Crippen molar-refractivity contribution in [1.29, 1.82) is 0 Å². The lowest BCUT2D eigenvalue weighted by molar-refractivity contribution is 0.0938. The normalized spacial score (nSPS) is 30.2. The third-order valence-corrected chi connectivity index (χ3v) is 5.23. The molecule has 1 aliphatic carbocycles. The van der Waals surface area contributed by atoms with Gasteiger partial charge < -0.3 is 10.2 Å². The third-order valence-electron chi connectivity index (χ3n) is 5.23. The van der Waals surface area contributed by atoms with E-state index in [9.17, 15) is 0 Å². The van der Waals surface area contributed by atoms with Crippen molar-refractivity contribution in [2.24, 2.45) is 17.3 Å². The molecule has 0 bridgehead atoms. The highest BCUT2D eigenvalue weighted by atomic mass is 15.1. The number of nitrogens with one attached hydrogen (secondary N) is 1. The lowest BCUT2D eigenvalue weighted by Crippen LogP contribution is -2.45. The van der Waals surface area contributed by atoms with E-state index in [0.29, 0.717) is 5.41 Å². The molecule has 2 rings (SSSR count). The first-order valence-corrected chi connectivity index (χ1v) is 7.59. The summed E-state index contributed by atoms with van der Waals surface area (Å²) in [6.45, 7) is 13.5. The molecule has 17 heavy (non-hydrogen) atoms. The molecule has 1 aliphatic heterocycles. The van der Waals surface area contributed by atoms with Gasteiger partial charge in [-0.3, -0.25) is 0 Å². The van der Waals surface area contributed by atoms with Gasteiger partial charge in [0.1, 0.15) is 0 Å². The maximum absolute atomic E-state index is 3.58. The van der Waals surface area contributed by atoms with Gasteiger partial charge in [0, 0.05) is 19.6 Å². The molecule has 2 heteroatoms. The van der Waals surface area contributed by atoms with Crippen molar-refractivity contribution in [3.8, 4) is 0 Å². The molecule has 0 spiro atoms. The zero-order valence-electron chi connectivity index (χ0n) is 12.0. The minimum atomic E-state index is 0.541. The Hall–Kier alpha value is -0.0800. The van der Waals surface area contributed by atoms with E-state index in [1.807, 2.05) is 0 Å². The number of nitrogens with zero attached hydrogens (tertiary/aromatic N) is 1. The van der Waals surface area contributed by atoms with Gasteiger partial charge in [0.05, 0.1) is 0 Å². The van der Waals surface area contributed by atoms with Gasteiger partial charge in [0.25, 0.3) is 0 Å². The van der Waals surface area contributed by atoms with Crippen LogP contribution in [0.3, 0.4) is 0 Å². The second-order valence-electron chi connectivity index (χ2n) is 6.57. The van der Waals surface area contributed by atoms with E-state index in [-0.39, 0.29) is 0 Å². The van der Waals surface area contributed by atoms with Crippen molar-refractivity contribution in [3.63, 3.8) is 0 Å². The Bertz CT molecular complexity index is 227. The van der Waals surface area contributed by atoms with E-state index in [1.54, 1.807) is 0 Å². The minimum Gasteiger partial charge on any atom is -0.316 e. The summed E-state index contributed by atoms with van der Waals surface area (Å²) in [6, 6.07) is 0. The topological polar surface area (TPSA) is 15.3 Å². The predicted molar refractivity (Wildman–Crippen MR) is 74.2 cm³/mol. The van der Waals surface area contributed by atoms with Gasteiger partial charge >= 0.3 is 0 Å². The second-order valence-corrected chi connectivity index (χ2v) is 6.57. The van der Waals surface area contributed by atoms with Gasteiger partial charge in [-0.1, -0.05) is 27.2 Å². The summed E-state index contributed by atoms with van der Waals surface area (Å²) in [5.74, 6) is 1.81. The lowest BCUT2D eigenvalue weighted by Gasteiger charge is -2.40. The summed E-state index contributed by atoms with van der Waals surface area (Å²) < 4.78 is 0. The molecular weight excluding hydrogens is 208 g/mol. The van der Waals surface area contributed by atoms with Crippen LogP contribution in [0.25, 0.3) is 0 Å². The molecule has 2 fully saturated rings. The molecule has 2 aliphatic rings. The van der Waals surface area contributed by atoms with Crippen molar-refractivity contribution in [3.05, 3.63) is 0 Å². The Morgan fingerprint density at radius 3 is 2.53 bits per heavy atom. The molecule has 0 aromatic heterocycles. The summed E-state index contributed by atoms with van der Waals surface area (Å²) in [4.78, 5) is 2.72. The quantitative estimate of drug-likeness (QED) is 0.765. The molecule has 1 unspecified atom stereocenters. The van der Waals surface area contributed by atoms with E-state index in [1.165, 1.54) is 58.4 Å². The molecular formula is C15H30N2. The average Bonchev–Trinajstić information content (AvgIpc) is 2.71. The fourth-order valence-corrected chi connectivity index (χ4v) is 3.36. The summed E-state index contributed by atoms with van der Waals surface area (Å²) in [5.41, 5.74) is 0.541. The predicted octanol–water partition coefficient (Wildman–Crippen LogP) is 2.74. The van der Waals surface area contributed by atoms with Gasteiger partial charge in [0.2, 0.25) is 0 Å². The van der Waals surface area contributed by atoms with E-state index in [2.05, 4.69) is 31.0 Å². The molecule has 0 aromatic rings. The van der Waals surface area contributed by atoms with E-state index < -0.39 is 0 Å². The summed E-state index contributed by atoms with van der Waals surface area (Å²) in [7, 11) is 0. The second kappa shape index (κ2) is 5.71. The molecule has 1 saturated carbocycles. The fourth-order valence-electron chi connectivity index (χ4n) is 3.36. The Morgan fingerprint density at radius 1 is 1.35 bits per heavy atom. The van der Waals surface area contributed by atoms with Crippen LogP contribution in [-0.2, 0) is 0 Å². The van der Waals surface area contributed by atoms with E-state index in [0.717, 1.165) is 11.8 Å². The molecule has 2 nitrogen and oxygen atoms in total. The fraction of sp³-hybridized carbons (Fsp3) is 1.00. The van der Waals surface area contributed by atoms with Gasteiger partial charge in [-0.15, -0.1) is 0 Å². The summed E-state index contributed by atoms with van der Waals surface area (Å²) in [6.07, 6.45) is 5.79. The van der Waals surface area contributed by atoms with Gasteiger partial charge in [-0.2, -0.15) is 0 Å². The molecule has 100 valence electrons. The zero-order valence-corrected chi connectivity index (χ0v) is 12.0. The minimum absolute atomic E-state index is 0.541. The van der Waals surface area contributed by atoms with Crippen molar-refractivity contribution >= 4 is 0 Å². The molecule has 0 amide bonds. The van der Waals surface area contributed by atoms with Crippen molar-refractivity contribution in [2.45, 2.75) is 46.5 Å². The molecule has 1 saturated heterocycles. The van der Waals surface area contributed by atoms with Gasteiger partial charge in [0.15, 0.2) is 0 Å². The van der Waals surface area contributed by atoms with Crippen LogP contribution >= 0.6 is 0 Å². The van der Waals surface area contributed by atoms with Crippen LogP contribution in [0.15, 0.2) is 0 Å². The summed E-state index contributed by atoms with van der Waals surface area (Å²) >= 11 is 0. The number of rotatable bonds is 6. The number of hydrogen-bond donors (Lipinski definition) is 1. The Balaban J connectivity index is 1.90. The van der Waals surface area contributed by atoms with Crippen LogP contribution < -0.4 is 5.32 Å². The van der Waals surface area contributed by atoms with Crippen molar-refractivity contribution < 1.29 is 0 Å². The molecule has 0 radical (unpaired) electrons. The van der Waals surface area contributed by atoms with E-state index in [4.69, 9.17) is 0 Å². The van der Waals surface area contributed by atoms with Crippen LogP contribution in [0.5, 0.6) is 0 Å². The zero-order chi connectivity index (χ0) is 12.3. The lowest BCUT2D eigenvalue weighted by atomic mass is 9.75. The maximum Gasteiger partial charge on any atom is 0.00531 e. The highest BCUT2D eigenvalue weighted by molar-refractivity contribution is 4.93. The first-order valence-electron chi connectivity index (χ1n) is 7.59. The molecule has 0 aromatic carbocycles. The van der Waals surface area contributed by atoms with Crippen LogP contribution in [-0.4, -0.2) is 37.6 Å². The monoisotopic (exact) mass is 238 g/mol. The first kappa shape index (κ1) is 13.4. The summed E-state index contributed by atoms with van der Waals surface area (Å²) in [5, 5.41) is 3.58. The highest BCUT2D eigenvalue weighted by Gasteiger charge is 2.38. The Morgan fingerprint density at radius 2 is 2.12 bits per heavy atom. The molecule has 1 atom stereocenters. The first-order chi connectivity index (χ1) is 8.16. The smallest absolute Gasteiger partial charge is 0.00531 e. The van der Waals surface area contributed by atoms with Crippen molar-refractivity contribution in [2.75, 3.05) is 32.7 Å². The van der Waals surface area contributed by atoms with Crippen LogP contribution in [0.4, 0.5) is 0 Å². The standard InChI is InChI=1S/C15H30N2/c1-4-17(10-14-6-5-7-14)12-15(13(2)3)8-9-16-11-15/h13-14,16H,4-12H2,1-3H3. The van der Waals surface area contributed by atoms with Gasteiger partial charge in [-0.05, 0) is 49.6 Å². The maximum atomic E-state index is 3.58.